The highest BCUT2D eigenvalue weighted by Gasteiger charge is 2.28. The molecule has 0 radical (unpaired) electrons. The molecule has 0 saturated heterocycles. The van der Waals surface area contributed by atoms with Crippen molar-refractivity contribution in [2.24, 2.45) is 0 Å². The molecule has 0 bridgehead atoms. The molecule has 8 heteroatoms. The maximum atomic E-state index is 11.2. The topological polar surface area (TPSA) is 102 Å². The van der Waals surface area contributed by atoms with Crippen molar-refractivity contribution in [3.8, 4) is 0 Å². The predicted molar refractivity (Wildman–Crippen MR) is 79.6 cm³/mol. The first kappa shape index (κ1) is 17.4. The van der Waals surface area contributed by atoms with Crippen LogP contribution in [0.5, 0.6) is 0 Å². The lowest BCUT2D eigenvalue weighted by Gasteiger charge is -2.24. The van der Waals surface area contributed by atoms with Gasteiger partial charge < -0.3 is 15.2 Å². The van der Waals surface area contributed by atoms with Crippen molar-refractivity contribution in [2.75, 3.05) is 25.6 Å². The lowest BCUT2D eigenvalue weighted by atomic mass is 10.0. The number of anilines is 1. The van der Waals surface area contributed by atoms with Crippen LogP contribution in [-0.4, -0.2) is 45.7 Å². The summed E-state index contributed by atoms with van der Waals surface area (Å²) in [7, 11) is 1.56. The highest BCUT2D eigenvalue weighted by atomic mass is 16.6. The third-order valence-electron chi connectivity index (χ3n) is 3.21. The summed E-state index contributed by atoms with van der Waals surface area (Å²) in [4.78, 5) is 10.8. The molecule has 0 saturated carbocycles. The van der Waals surface area contributed by atoms with Crippen LogP contribution < -0.4 is 5.32 Å². The molecule has 0 aliphatic carbocycles. The molecule has 1 heterocycles. The first-order valence-electron chi connectivity index (χ1n) is 6.88. The normalized spacial score (nSPS) is 14.2. The molecule has 120 valence electrons. The summed E-state index contributed by atoms with van der Waals surface area (Å²) < 4.78 is 6.51. The number of hydrogen-bond donors (Lipinski definition) is 2. The summed E-state index contributed by atoms with van der Waals surface area (Å²) in [5.41, 5.74) is -0.719. The minimum atomic E-state index is -1.02. The number of nitrogens with zero attached hydrogens (tertiary/aromatic N) is 3. The maximum absolute atomic E-state index is 11.2. The Bertz CT molecular complexity index is 497. The van der Waals surface area contributed by atoms with Gasteiger partial charge in [-0.05, 0) is 27.7 Å². The summed E-state index contributed by atoms with van der Waals surface area (Å²) in [6, 6.07) is -0.0242. The van der Waals surface area contributed by atoms with Gasteiger partial charge >= 0.3 is 5.69 Å². The van der Waals surface area contributed by atoms with E-state index >= 15 is 0 Å². The van der Waals surface area contributed by atoms with Crippen molar-refractivity contribution >= 4 is 11.5 Å². The second kappa shape index (κ2) is 6.86. The lowest BCUT2D eigenvalue weighted by molar-refractivity contribution is -0.384. The maximum Gasteiger partial charge on any atom is 0.333 e. The summed E-state index contributed by atoms with van der Waals surface area (Å²) in [5.74, 6) is 0.324. The minimum Gasteiger partial charge on any atom is -0.388 e. The molecular weight excluding hydrogens is 276 g/mol. The zero-order valence-electron chi connectivity index (χ0n) is 13.2. The monoisotopic (exact) mass is 300 g/mol. The zero-order valence-corrected chi connectivity index (χ0v) is 13.2. The van der Waals surface area contributed by atoms with E-state index in [4.69, 9.17) is 4.74 Å². The van der Waals surface area contributed by atoms with Crippen molar-refractivity contribution in [2.45, 2.75) is 45.8 Å². The van der Waals surface area contributed by atoms with Crippen LogP contribution in [0.25, 0.3) is 0 Å². The molecule has 0 amide bonds. The molecule has 0 aromatic carbocycles. The van der Waals surface area contributed by atoms with Crippen molar-refractivity contribution in [3.05, 3.63) is 15.8 Å². The van der Waals surface area contributed by atoms with Crippen molar-refractivity contribution in [3.63, 3.8) is 0 Å². The molecule has 1 unspecified atom stereocenters. The van der Waals surface area contributed by atoms with Gasteiger partial charge in [0, 0.05) is 32.7 Å². The van der Waals surface area contributed by atoms with E-state index in [0.717, 1.165) is 0 Å². The van der Waals surface area contributed by atoms with E-state index in [1.165, 1.54) is 0 Å². The van der Waals surface area contributed by atoms with E-state index < -0.39 is 10.5 Å². The first-order valence-corrected chi connectivity index (χ1v) is 6.88. The average Bonchev–Trinajstić information content (AvgIpc) is 2.71. The quantitative estimate of drug-likeness (QED) is 0.561. The fraction of sp³-hybridized carbons (Fsp3) is 0.769. The molecule has 0 aliphatic rings. The van der Waals surface area contributed by atoms with E-state index in [1.807, 2.05) is 13.8 Å². The number of hydrogen-bond acceptors (Lipinski definition) is 6. The number of methoxy groups -OCH3 is 1. The fourth-order valence-corrected chi connectivity index (χ4v) is 1.98. The average molecular weight is 300 g/mol. The Kier molecular flexibility index (Phi) is 5.68. The third kappa shape index (κ3) is 4.40. The minimum absolute atomic E-state index is 0.0242. The molecule has 1 aromatic rings. The second-order valence-corrected chi connectivity index (χ2v) is 5.67. The van der Waals surface area contributed by atoms with Gasteiger partial charge in [0.1, 0.15) is 5.69 Å². The van der Waals surface area contributed by atoms with Gasteiger partial charge in [0.2, 0.25) is 5.82 Å². The summed E-state index contributed by atoms with van der Waals surface area (Å²) in [6.45, 7) is 7.64. The van der Waals surface area contributed by atoms with E-state index in [9.17, 15) is 15.2 Å². The summed E-state index contributed by atoms with van der Waals surface area (Å²) >= 11 is 0. The van der Waals surface area contributed by atoms with Gasteiger partial charge in [-0.3, -0.25) is 10.1 Å². The molecule has 0 aliphatic heterocycles. The van der Waals surface area contributed by atoms with Gasteiger partial charge in [-0.25, -0.2) is 4.68 Å². The summed E-state index contributed by atoms with van der Waals surface area (Å²) in [5, 5.41) is 28.6. The van der Waals surface area contributed by atoms with Gasteiger partial charge in [-0.1, -0.05) is 0 Å². The lowest BCUT2D eigenvalue weighted by Crippen LogP contribution is -2.35. The van der Waals surface area contributed by atoms with E-state index in [1.54, 1.807) is 25.6 Å². The van der Waals surface area contributed by atoms with Gasteiger partial charge in [0.25, 0.3) is 0 Å². The molecule has 1 aromatic heterocycles. The Labute approximate surface area is 124 Å². The van der Waals surface area contributed by atoms with Crippen LogP contribution in [0.2, 0.25) is 0 Å². The van der Waals surface area contributed by atoms with Gasteiger partial charge in [0.15, 0.2) is 0 Å². The predicted octanol–water partition coefficient (Wildman–Crippen LogP) is 1.88. The number of ether oxygens (including phenoxy) is 1. The van der Waals surface area contributed by atoms with Crippen LogP contribution in [0.1, 0.15) is 38.9 Å². The number of rotatable bonds is 8. The van der Waals surface area contributed by atoms with E-state index in [-0.39, 0.29) is 18.3 Å². The molecule has 0 fully saturated rings. The van der Waals surface area contributed by atoms with Crippen molar-refractivity contribution in [1.29, 1.82) is 0 Å². The molecule has 2 N–H and O–H groups in total. The zero-order chi connectivity index (χ0) is 16.2. The molecule has 8 nitrogen and oxygen atoms in total. The number of aliphatic hydroxyl groups is 1. The Morgan fingerprint density at radius 3 is 2.67 bits per heavy atom. The Balaban J connectivity index is 2.98. The van der Waals surface area contributed by atoms with E-state index in [2.05, 4.69) is 10.4 Å². The number of aryl methyl sites for hydroxylation is 1. The van der Waals surface area contributed by atoms with Crippen LogP contribution in [0.15, 0.2) is 0 Å². The molecule has 21 heavy (non-hydrogen) atoms. The number of aromatic nitrogens is 2. The van der Waals surface area contributed by atoms with Crippen LogP contribution in [0.3, 0.4) is 0 Å². The highest BCUT2D eigenvalue weighted by molar-refractivity contribution is 5.59. The third-order valence-corrected chi connectivity index (χ3v) is 3.21. The number of nitro groups is 1. The van der Waals surface area contributed by atoms with Gasteiger partial charge in [-0.2, -0.15) is 5.10 Å². The smallest absolute Gasteiger partial charge is 0.333 e. The number of nitrogens with one attached hydrogen (secondary N) is 1. The fourth-order valence-electron chi connectivity index (χ4n) is 1.98. The molecule has 1 rings (SSSR count). The standard InChI is InChI=1S/C13H24N4O4/c1-9(2)16-12(11(17(19)20)10(3)15-16)14-8-13(4,18)6-7-21-5/h9,14,18H,6-8H2,1-5H3. The Morgan fingerprint density at radius 2 is 2.19 bits per heavy atom. The molecule has 1 atom stereocenters. The van der Waals surface area contributed by atoms with Gasteiger partial charge in [0.05, 0.1) is 10.5 Å². The second-order valence-electron chi connectivity index (χ2n) is 5.67. The van der Waals surface area contributed by atoms with Crippen molar-refractivity contribution in [1.82, 2.24) is 9.78 Å². The van der Waals surface area contributed by atoms with Crippen LogP contribution >= 0.6 is 0 Å². The van der Waals surface area contributed by atoms with Crippen LogP contribution in [0, 0.1) is 17.0 Å². The molecular formula is C13H24N4O4. The van der Waals surface area contributed by atoms with Gasteiger partial charge in [-0.15, -0.1) is 0 Å². The summed E-state index contributed by atoms with van der Waals surface area (Å²) in [6.07, 6.45) is 0.430. The van der Waals surface area contributed by atoms with Crippen LogP contribution in [0.4, 0.5) is 11.5 Å². The molecule has 0 spiro atoms. The van der Waals surface area contributed by atoms with Crippen LogP contribution in [-0.2, 0) is 4.74 Å². The van der Waals surface area contributed by atoms with E-state index in [0.29, 0.717) is 24.5 Å². The van der Waals surface area contributed by atoms with Crippen molar-refractivity contribution < 1.29 is 14.8 Å². The highest BCUT2D eigenvalue weighted by Crippen LogP contribution is 2.31. The first-order chi connectivity index (χ1) is 9.69. The largest absolute Gasteiger partial charge is 0.388 e. The Hall–Kier alpha value is -1.67. The Morgan fingerprint density at radius 1 is 1.57 bits per heavy atom. The SMILES string of the molecule is COCCC(C)(O)CNc1c([N+](=O)[O-])c(C)nn1C(C)C.